The van der Waals surface area contributed by atoms with Gasteiger partial charge in [0.15, 0.2) is 5.76 Å². The molecule has 1 N–H and O–H groups in total. The van der Waals surface area contributed by atoms with Crippen molar-refractivity contribution in [1.29, 1.82) is 0 Å². The molecule has 0 spiro atoms. The molecule has 2 unspecified atom stereocenters. The van der Waals surface area contributed by atoms with Crippen molar-refractivity contribution in [3.63, 3.8) is 0 Å². The van der Waals surface area contributed by atoms with Crippen LogP contribution in [0.25, 0.3) is 11.0 Å². The lowest BCUT2D eigenvalue weighted by Crippen LogP contribution is -2.48. The molecule has 1 fully saturated rings. The molecule has 1 saturated heterocycles. The van der Waals surface area contributed by atoms with Crippen molar-refractivity contribution in [1.82, 2.24) is 4.31 Å². The van der Waals surface area contributed by atoms with Crippen LogP contribution in [0.15, 0.2) is 51.8 Å². The second-order valence-corrected chi connectivity index (χ2v) is 9.69. The van der Waals surface area contributed by atoms with Gasteiger partial charge in [0.05, 0.1) is 17.1 Å². The van der Waals surface area contributed by atoms with E-state index in [-0.39, 0.29) is 36.0 Å². The van der Waals surface area contributed by atoms with E-state index in [1.807, 2.05) is 13.8 Å². The van der Waals surface area contributed by atoms with Gasteiger partial charge in [-0.3, -0.25) is 4.79 Å². The van der Waals surface area contributed by atoms with Gasteiger partial charge in [0.1, 0.15) is 11.4 Å². The zero-order chi connectivity index (χ0) is 22.3. The van der Waals surface area contributed by atoms with Crippen molar-refractivity contribution in [2.75, 3.05) is 18.4 Å². The lowest BCUT2D eigenvalue weighted by molar-refractivity contribution is -0.0440. The Morgan fingerprint density at radius 1 is 1.10 bits per heavy atom. The van der Waals surface area contributed by atoms with Crippen molar-refractivity contribution in [2.45, 2.75) is 37.9 Å². The number of furan rings is 1. The van der Waals surface area contributed by atoms with E-state index in [1.165, 1.54) is 46.8 Å². The van der Waals surface area contributed by atoms with Crippen LogP contribution in [0.2, 0.25) is 0 Å². The summed E-state index contributed by atoms with van der Waals surface area (Å²) in [6.45, 7) is 5.94. The van der Waals surface area contributed by atoms with E-state index in [0.717, 1.165) is 0 Å². The van der Waals surface area contributed by atoms with Crippen LogP contribution in [0.1, 0.15) is 30.0 Å². The molecule has 31 heavy (non-hydrogen) atoms. The molecule has 1 aromatic heterocycles. The second-order valence-electron chi connectivity index (χ2n) is 7.75. The van der Waals surface area contributed by atoms with E-state index in [1.54, 1.807) is 6.92 Å². The number of aryl methyl sites for hydroxylation is 1. The van der Waals surface area contributed by atoms with Crippen LogP contribution in [0.5, 0.6) is 0 Å². The van der Waals surface area contributed by atoms with Crippen LogP contribution in [0.4, 0.5) is 10.1 Å². The number of hydrogen-bond donors (Lipinski definition) is 1. The maximum atomic E-state index is 13.5. The number of ether oxygens (including phenoxy) is 1. The van der Waals surface area contributed by atoms with Gasteiger partial charge in [0.25, 0.3) is 5.91 Å². The lowest BCUT2D eigenvalue weighted by Gasteiger charge is -2.34. The molecule has 2 atom stereocenters. The Kier molecular flexibility index (Phi) is 5.59. The van der Waals surface area contributed by atoms with Gasteiger partial charge in [-0.1, -0.05) is 0 Å². The third-order valence-electron chi connectivity index (χ3n) is 5.24. The van der Waals surface area contributed by atoms with E-state index in [0.29, 0.717) is 22.2 Å². The molecule has 0 radical (unpaired) electrons. The monoisotopic (exact) mass is 446 g/mol. The number of fused-ring (bicyclic) bond motifs is 1. The molecule has 9 heteroatoms. The van der Waals surface area contributed by atoms with E-state index in [4.69, 9.17) is 9.15 Å². The number of carbonyl (C=O) groups excluding carboxylic acids is 1. The fourth-order valence-corrected chi connectivity index (χ4v) is 5.37. The second kappa shape index (κ2) is 8.07. The number of rotatable bonds is 4. The molecular weight excluding hydrogens is 423 g/mol. The molecular formula is C22H23FN2O5S. The highest BCUT2D eigenvalue weighted by molar-refractivity contribution is 7.89. The third kappa shape index (κ3) is 4.21. The summed E-state index contributed by atoms with van der Waals surface area (Å²) in [5.74, 6) is -0.835. The van der Waals surface area contributed by atoms with Crippen molar-refractivity contribution in [2.24, 2.45) is 0 Å². The number of halogens is 1. The van der Waals surface area contributed by atoms with Gasteiger partial charge in [0.2, 0.25) is 10.0 Å². The summed E-state index contributed by atoms with van der Waals surface area (Å²) >= 11 is 0. The number of nitrogens with one attached hydrogen (secondary N) is 1. The highest BCUT2D eigenvalue weighted by Gasteiger charge is 2.32. The first-order valence-electron chi connectivity index (χ1n) is 9.91. The minimum Gasteiger partial charge on any atom is -0.451 e. The number of hydrogen-bond acceptors (Lipinski definition) is 5. The molecule has 164 valence electrons. The van der Waals surface area contributed by atoms with Crippen LogP contribution < -0.4 is 5.32 Å². The molecule has 4 rings (SSSR count). The number of amides is 1. The molecule has 0 aliphatic carbocycles. The first-order chi connectivity index (χ1) is 14.6. The van der Waals surface area contributed by atoms with Gasteiger partial charge in [0, 0.05) is 29.7 Å². The van der Waals surface area contributed by atoms with Crippen molar-refractivity contribution in [3.8, 4) is 0 Å². The Labute approximate surface area is 179 Å². The molecule has 1 aliphatic rings. The molecule has 0 saturated carbocycles. The van der Waals surface area contributed by atoms with Gasteiger partial charge in [-0.05, 0) is 63.2 Å². The van der Waals surface area contributed by atoms with Gasteiger partial charge >= 0.3 is 0 Å². The Hall–Kier alpha value is -2.75. The molecule has 2 heterocycles. The summed E-state index contributed by atoms with van der Waals surface area (Å²) < 4.78 is 52.0. The van der Waals surface area contributed by atoms with Gasteiger partial charge < -0.3 is 14.5 Å². The largest absolute Gasteiger partial charge is 0.451 e. The van der Waals surface area contributed by atoms with Crippen LogP contribution in [0.3, 0.4) is 0 Å². The number of anilines is 1. The Morgan fingerprint density at radius 3 is 2.39 bits per heavy atom. The van der Waals surface area contributed by atoms with Gasteiger partial charge in [-0.25, -0.2) is 12.8 Å². The lowest BCUT2D eigenvalue weighted by atomic mass is 10.1. The normalized spacial score (nSPS) is 20.1. The van der Waals surface area contributed by atoms with Crippen LogP contribution in [-0.2, 0) is 14.8 Å². The minimum absolute atomic E-state index is 0.0774. The quantitative estimate of drug-likeness (QED) is 0.656. The smallest absolute Gasteiger partial charge is 0.291 e. The minimum atomic E-state index is -3.67. The summed E-state index contributed by atoms with van der Waals surface area (Å²) in [7, 11) is -3.67. The van der Waals surface area contributed by atoms with Crippen molar-refractivity contribution >= 4 is 32.6 Å². The third-order valence-corrected chi connectivity index (χ3v) is 7.09. The zero-order valence-electron chi connectivity index (χ0n) is 17.4. The first kappa shape index (κ1) is 21.5. The van der Waals surface area contributed by atoms with Crippen LogP contribution in [0, 0.1) is 12.7 Å². The molecule has 7 nitrogen and oxygen atoms in total. The van der Waals surface area contributed by atoms with E-state index >= 15 is 0 Å². The molecule has 3 aromatic rings. The predicted octanol–water partition coefficient (Wildman–Crippen LogP) is 3.93. The van der Waals surface area contributed by atoms with E-state index in [2.05, 4.69) is 5.32 Å². The standard InChI is InChI=1S/C22H23FN2O5S/c1-13-11-25(12-14(2)29-13)31(27,28)18-7-5-17(6-8-18)24-22(26)21-15(3)19-10-16(23)4-9-20(19)30-21/h4-10,13-14H,11-12H2,1-3H3,(H,24,26). The summed E-state index contributed by atoms with van der Waals surface area (Å²) in [6, 6.07) is 10.0. The SMILES string of the molecule is Cc1c(C(=O)Nc2ccc(S(=O)(=O)N3CC(C)OC(C)C3)cc2)oc2ccc(F)cc12. The molecule has 2 aromatic carbocycles. The van der Waals surface area contributed by atoms with E-state index in [9.17, 15) is 17.6 Å². The maximum Gasteiger partial charge on any atom is 0.291 e. The highest BCUT2D eigenvalue weighted by Crippen LogP contribution is 2.27. The summed E-state index contributed by atoms with van der Waals surface area (Å²) in [6.07, 6.45) is -0.366. The average molecular weight is 447 g/mol. The molecule has 1 amide bonds. The fraction of sp³-hybridized carbons (Fsp3) is 0.318. The molecule has 0 bridgehead atoms. The number of sulfonamides is 1. The summed E-state index contributed by atoms with van der Waals surface area (Å²) in [4.78, 5) is 12.8. The summed E-state index contributed by atoms with van der Waals surface area (Å²) in [5.41, 5.74) is 1.36. The van der Waals surface area contributed by atoms with E-state index < -0.39 is 21.7 Å². The van der Waals surface area contributed by atoms with Gasteiger partial charge in [-0.15, -0.1) is 0 Å². The maximum absolute atomic E-state index is 13.5. The highest BCUT2D eigenvalue weighted by atomic mass is 32.2. The number of carbonyl (C=O) groups is 1. The van der Waals surface area contributed by atoms with Crippen LogP contribution >= 0.6 is 0 Å². The molecule has 1 aliphatic heterocycles. The number of benzene rings is 2. The average Bonchev–Trinajstić information content (AvgIpc) is 3.04. The topological polar surface area (TPSA) is 88.9 Å². The summed E-state index contributed by atoms with van der Waals surface area (Å²) in [5, 5.41) is 3.22. The Morgan fingerprint density at radius 2 is 1.74 bits per heavy atom. The first-order valence-corrected chi connectivity index (χ1v) is 11.3. The number of nitrogens with zero attached hydrogens (tertiary/aromatic N) is 1. The van der Waals surface area contributed by atoms with Crippen molar-refractivity contribution < 1.29 is 26.8 Å². The van der Waals surface area contributed by atoms with Gasteiger partial charge in [-0.2, -0.15) is 4.31 Å². The Bertz CT molecular complexity index is 1230. The van der Waals surface area contributed by atoms with Crippen molar-refractivity contribution in [3.05, 3.63) is 59.6 Å². The Balaban J connectivity index is 1.52. The zero-order valence-corrected chi connectivity index (χ0v) is 18.2. The predicted molar refractivity (Wildman–Crippen MR) is 114 cm³/mol. The fourth-order valence-electron chi connectivity index (χ4n) is 3.78. The number of morpholine rings is 1. The van der Waals surface area contributed by atoms with Crippen LogP contribution in [-0.4, -0.2) is 43.9 Å².